The molecule has 134 valence electrons. The van der Waals surface area contributed by atoms with E-state index < -0.39 is 16.4 Å². The zero-order valence-corrected chi connectivity index (χ0v) is 15.1. The van der Waals surface area contributed by atoms with Crippen LogP contribution in [-0.2, 0) is 10.8 Å². The molecule has 3 atom stereocenters. The van der Waals surface area contributed by atoms with Crippen LogP contribution in [0.4, 0.5) is 4.79 Å². The number of nitrogens with one attached hydrogen (secondary N) is 2. The first-order chi connectivity index (χ1) is 11.0. The minimum absolute atomic E-state index is 0.00619. The van der Waals surface area contributed by atoms with Crippen molar-refractivity contribution in [2.75, 3.05) is 12.3 Å². The molecule has 2 rings (SSSR count). The summed E-state index contributed by atoms with van der Waals surface area (Å²) in [5.41, 5.74) is -0.758. The summed E-state index contributed by atoms with van der Waals surface area (Å²) in [6, 6.07) is -0.235. The topological polar surface area (TPSA) is 78.4 Å². The third-order valence-electron chi connectivity index (χ3n) is 5.25. The van der Waals surface area contributed by atoms with E-state index in [1.54, 1.807) is 0 Å². The lowest BCUT2D eigenvalue weighted by atomic mass is 9.94. The molecule has 3 N–H and O–H groups in total. The summed E-state index contributed by atoms with van der Waals surface area (Å²) >= 11 is 0. The van der Waals surface area contributed by atoms with E-state index in [9.17, 15) is 14.1 Å². The molecule has 2 amide bonds. The van der Waals surface area contributed by atoms with Crippen molar-refractivity contribution in [2.24, 2.45) is 0 Å². The zero-order chi connectivity index (χ0) is 16.7. The second-order valence-corrected chi connectivity index (χ2v) is 9.01. The monoisotopic (exact) mass is 344 g/mol. The van der Waals surface area contributed by atoms with Gasteiger partial charge in [0.15, 0.2) is 0 Å². The van der Waals surface area contributed by atoms with Crippen molar-refractivity contribution in [3.8, 4) is 0 Å². The van der Waals surface area contributed by atoms with Gasteiger partial charge in [-0.25, -0.2) is 4.79 Å². The second-order valence-electron chi connectivity index (χ2n) is 7.06. The van der Waals surface area contributed by atoms with Gasteiger partial charge < -0.3 is 15.7 Å². The molecule has 0 aliphatic heterocycles. The number of hydrogen-bond acceptors (Lipinski definition) is 3. The Bertz CT molecular complexity index is 409. The van der Waals surface area contributed by atoms with Crippen LogP contribution >= 0.6 is 0 Å². The molecule has 2 fully saturated rings. The van der Waals surface area contributed by atoms with Gasteiger partial charge in [-0.05, 0) is 25.7 Å². The lowest BCUT2D eigenvalue weighted by molar-refractivity contribution is 0.0275. The molecule has 2 aliphatic rings. The van der Waals surface area contributed by atoms with Gasteiger partial charge in [-0.2, -0.15) is 0 Å². The largest absolute Gasteiger partial charge is 0.388 e. The van der Waals surface area contributed by atoms with Crippen molar-refractivity contribution >= 4 is 16.8 Å². The van der Waals surface area contributed by atoms with Crippen molar-refractivity contribution in [3.63, 3.8) is 0 Å². The Morgan fingerprint density at radius 3 is 2.43 bits per heavy atom. The maximum absolute atomic E-state index is 12.2. The van der Waals surface area contributed by atoms with Gasteiger partial charge in [-0.1, -0.05) is 45.4 Å². The van der Waals surface area contributed by atoms with Gasteiger partial charge in [0.2, 0.25) is 0 Å². The summed E-state index contributed by atoms with van der Waals surface area (Å²) in [6.45, 7) is 2.25. The first kappa shape index (κ1) is 18.7. The summed E-state index contributed by atoms with van der Waals surface area (Å²) in [6.07, 6.45) is 9.91. The molecule has 0 bridgehead atoms. The number of aliphatic hydroxyl groups is 1. The molecular weight excluding hydrogens is 312 g/mol. The number of hydrogen-bond donors (Lipinski definition) is 3. The number of carbonyl (C=O) groups is 1. The molecule has 2 aliphatic carbocycles. The molecular formula is C17H32N2O3S. The third-order valence-corrected chi connectivity index (χ3v) is 7.06. The predicted molar refractivity (Wildman–Crippen MR) is 93.9 cm³/mol. The Balaban J connectivity index is 1.82. The van der Waals surface area contributed by atoms with Gasteiger partial charge >= 0.3 is 6.03 Å². The van der Waals surface area contributed by atoms with Crippen molar-refractivity contribution in [3.05, 3.63) is 0 Å². The molecule has 0 aromatic carbocycles. The van der Waals surface area contributed by atoms with Crippen LogP contribution in [0.3, 0.4) is 0 Å². The van der Waals surface area contributed by atoms with Crippen LogP contribution < -0.4 is 10.6 Å². The Labute approximate surface area is 142 Å². The van der Waals surface area contributed by atoms with Gasteiger partial charge in [0.05, 0.1) is 10.9 Å². The number of urea groups is 1. The van der Waals surface area contributed by atoms with Gasteiger partial charge in [-0.3, -0.25) is 4.21 Å². The average molecular weight is 345 g/mol. The number of rotatable bonds is 5. The highest BCUT2D eigenvalue weighted by Crippen LogP contribution is 2.26. The van der Waals surface area contributed by atoms with E-state index in [2.05, 4.69) is 10.6 Å². The van der Waals surface area contributed by atoms with Crippen LogP contribution in [0.5, 0.6) is 0 Å². The van der Waals surface area contributed by atoms with Crippen LogP contribution in [0.15, 0.2) is 0 Å². The lowest BCUT2D eigenvalue weighted by Crippen LogP contribution is -2.53. The fourth-order valence-corrected chi connectivity index (χ4v) is 5.25. The second kappa shape index (κ2) is 9.02. The van der Waals surface area contributed by atoms with Gasteiger partial charge in [0.1, 0.15) is 0 Å². The van der Waals surface area contributed by atoms with Crippen LogP contribution in [0.1, 0.15) is 71.1 Å². The van der Waals surface area contributed by atoms with E-state index in [4.69, 9.17) is 0 Å². The molecule has 5 nitrogen and oxygen atoms in total. The number of amides is 2. The Kier molecular flexibility index (Phi) is 7.34. The molecule has 0 aromatic rings. The first-order valence-corrected chi connectivity index (χ1v) is 10.6. The molecule has 0 spiro atoms. The highest BCUT2D eigenvalue weighted by atomic mass is 32.2. The average Bonchev–Trinajstić information content (AvgIpc) is 2.78. The SMILES string of the molecule is CCS(=O)C1CCCCC1NC(=O)NCC1(O)CCCCCC1. The number of carbonyl (C=O) groups excluding carboxylic acids is 1. The minimum atomic E-state index is -0.871. The molecule has 6 heteroatoms. The molecule has 0 aromatic heterocycles. The molecule has 23 heavy (non-hydrogen) atoms. The van der Waals surface area contributed by atoms with E-state index >= 15 is 0 Å². The third kappa shape index (κ3) is 5.75. The summed E-state index contributed by atoms with van der Waals surface area (Å²) in [5, 5.41) is 16.5. The molecule has 0 heterocycles. The van der Waals surface area contributed by atoms with E-state index in [0.717, 1.165) is 51.4 Å². The van der Waals surface area contributed by atoms with E-state index in [1.165, 1.54) is 12.8 Å². The molecule has 2 saturated carbocycles. The van der Waals surface area contributed by atoms with Crippen LogP contribution in [-0.4, -0.2) is 44.5 Å². The van der Waals surface area contributed by atoms with Crippen molar-refractivity contribution in [2.45, 2.75) is 88.0 Å². The van der Waals surface area contributed by atoms with Crippen LogP contribution in [0.2, 0.25) is 0 Å². The fraction of sp³-hybridized carbons (Fsp3) is 0.941. The molecule has 0 radical (unpaired) electrons. The summed E-state index contributed by atoms with van der Waals surface area (Å²) < 4.78 is 12.2. The summed E-state index contributed by atoms with van der Waals surface area (Å²) in [4.78, 5) is 12.2. The summed E-state index contributed by atoms with van der Waals surface area (Å²) in [5.74, 6) is 0.643. The molecule has 3 unspecified atom stereocenters. The van der Waals surface area contributed by atoms with Crippen molar-refractivity contribution in [1.29, 1.82) is 0 Å². The highest BCUT2D eigenvalue weighted by molar-refractivity contribution is 7.85. The first-order valence-electron chi connectivity index (χ1n) is 9.18. The van der Waals surface area contributed by atoms with Gasteiger partial charge in [-0.15, -0.1) is 0 Å². The Hall–Kier alpha value is -0.620. The van der Waals surface area contributed by atoms with E-state index in [1.807, 2.05) is 6.92 Å². The smallest absolute Gasteiger partial charge is 0.315 e. The minimum Gasteiger partial charge on any atom is -0.388 e. The van der Waals surface area contributed by atoms with E-state index in [0.29, 0.717) is 12.3 Å². The lowest BCUT2D eigenvalue weighted by Gasteiger charge is -2.32. The Morgan fingerprint density at radius 2 is 1.78 bits per heavy atom. The maximum Gasteiger partial charge on any atom is 0.315 e. The van der Waals surface area contributed by atoms with Gasteiger partial charge in [0, 0.05) is 29.1 Å². The van der Waals surface area contributed by atoms with Crippen molar-refractivity contribution < 1.29 is 14.1 Å². The van der Waals surface area contributed by atoms with Crippen molar-refractivity contribution in [1.82, 2.24) is 10.6 Å². The van der Waals surface area contributed by atoms with Gasteiger partial charge in [0.25, 0.3) is 0 Å². The summed E-state index contributed by atoms with van der Waals surface area (Å²) in [7, 11) is -0.871. The quantitative estimate of drug-likeness (QED) is 0.670. The van der Waals surface area contributed by atoms with E-state index in [-0.39, 0.29) is 17.3 Å². The predicted octanol–water partition coefficient (Wildman–Crippen LogP) is 2.45. The molecule has 0 saturated heterocycles. The normalized spacial score (nSPS) is 29.3. The van der Waals surface area contributed by atoms with Crippen LogP contribution in [0, 0.1) is 0 Å². The fourth-order valence-electron chi connectivity index (χ4n) is 3.82. The standard InChI is InChI=1S/C17H32N2O3S/c1-2-23(22)15-10-6-5-9-14(15)19-16(20)18-13-17(21)11-7-3-4-8-12-17/h14-15,21H,2-13H2,1H3,(H2,18,19,20). The van der Waals surface area contributed by atoms with Crippen LogP contribution in [0.25, 0.3) is 0 Å². The highest BCUT2D eigenvalue weighted by Gasteiger charge is 2.32. The Morgan fingerprint density at radius 1 is 1.13 bits per heavy atom. The zero-order valence-electron chi connectivity index (χ0n) is 14.3. The maximum atomic E-state index is 12.2.